The number of carbonyl (C=O) groups is 1. The fourth-order valence-corrected chi connectivity index (χ4v) is 1.02. The summed E-state index contributed by atoms with van der Waals surface area (Å²) >= 11 is 0. The summed E-state index contributed by atoms with van der Waals surface area (Å²) in [5, 5.41) is 9.40. The molecule has 4 nitrogen and oxygen atoms in total. The topological polar surface area (TPSA) is 55.8 Å². The normalized spacial score (nSPS) is 12.2. The van der Waals surface area contributed by atoms with Crippen molar-refractivity contribution in [3.05, 3.63) is 12.2 Å². The van der Waals surface area contributed by atoms with E-state index in [1.54, 1.807) is 6.92 Å². The molecule has 0 bridgehead atoms. The third-order valence-electron chi connectivity index (χ3n) is 1.96. The summed E-state index contributed by atoms with van der Waals surface area (Å²) in [6.45, 7) is 7.92. The minimum atomic E-state index is -0.759. The molecule has 0 fully saturated rings. The number of rotatable bonds is 9. The van der Waals surface area contributed by atoms with Gasteiger partial charge >= 0.3 is 5.97 Å². The Hall–Kier alpha value is -0.870. The molecule has 0 spiro atoms. The maximum Gasteiger partial charge on any atom is 0.333 e. The first kappa shape index (κ1) is 15.1. The summed E-state index contributed by atoms with van der Waals surface area (Å²) in [5.41, 5.74) is 0.330. The van der Waals surface area contributed by atoms with Crippen LogP contribution in [0, 0.1) is 0 Å². The highest BCUT2D eigenvalue weighted by Crippen LogP contribution is 1.97. The van der Waals surface area contributed by atoms with E-state index in [4.69, 9.17) is 9.47 Å². The van der Waals surface area contributed by atoms with Gasteiger partial charge in [-0.3, -0.25) is 0 Å². The van der Waals surface area contributed by atoms with Gasteiger partial charge < -0.3 is 14.6 Å². The molecular weight excluding hydrogens is 208 g/mol. The highest BCUT2D eigenvalue weighted by molar-refractivity contribution is 5.86. The Morgan fingerprint density at radius 2 is 2.06 bits per heavy atom. The molecule has 0 rings (SSSR count). The average molecular weight is 230 g/mol. The largest absolute Gasteiger partial charge is 0.460 e. The van der Waals surface area contributed by atoms with Crippen molar-refractivity contribution in [2.45, 2.75) is 39.2 Å². The summed E-state index contributed by atoms with van der Waals surface area (Å²) in [4.78, 5) is 11.0. The summed E-state index contributed by atoms with van der Waals surface area (Å²) in [7, 11) is 0. The molecule has 1 unspecified atom stereocenters. The van der Waals surface area contributed by atoms with Crippen LogP contribution in [0.4, 0.5) is 0 Å². The van der Waals surface area contributed by atoms with Gasteiger partial charge in [0.15, 0.2) is 0 Å². The van der Waals surface area contributed by atoms with E-state index in [2.05, 4.69) is 13.5 Å². The molecule has 0 heterocycles. The molecule has 4 heteroatoms. The number of unbranched alkanes of at least 4 members (excludes halogenated alkanes) is 2. The molecule has 0 aromatic heterocycles. The lowest BCUT2D eigenvalue weighted by Gasteiger charge is -2.11. The van der Waals surface area contributed by atoms with Crippen molar-refractivity contribution < 1.29 is 19.4 Å². The van der Waals surface area contributed by atoms with Gasteiger partial charge in [-0.05, 0) is 13.3 Å². The minimum Gasteiger partial charge on any atom is -0.460 e. The second-order valence-electron chi connectivity index (χ2n) is 3.81. The predicted octanol–water partition coefficient (Wildman–Crippen LogP) is 1.67. The van der Waals surface area contributed by atoms with Gasteiger partial charge in [0, 0.05) is 12.2 Å². The Labute approximate surface area is 97.2 Å². The number of aliphatic hydroxyl groups is 1. The fourth-order valence-electron chi connectivity index (χ4n) is 1.02. The Balaban J connectivity index is 3.41. The van der Waals surface area contributed by atoms with Crippen LogP contribution in [-0.4, -0.2) is 37.0 Å². The number of carbonyl (C=O) groups excluding carboxylic acids is 1. The molecule has 0 aromatic carbocycles. The molecule has 0 aromatic rings. The first-order chi connectivity index (χ1) is 7.57. The summed E-state index contributed by atoms with van der Waals surface area (Å²) in [6.07, 6.45) is 2.50. The molecule has 94 valence electrons. The maximum absolute atomic E-state index is 11.0. The van der Waals surface area contributed by atoms with Gasteiger partial charge in [0.1, 0.15) is 12.7 Å². The van der Waals surface area contributed by atoms with Crippen molar-refractivity contribution >= 4 is 5.97 Å². The second kappa shape index (κ2) is 9.36. The molecular formula is C12H22O4. The van der Waals surface area contributed by atoms with Gasteiger partial charge in [-0.1, -0.05) is 26.3 Å². The highest BCUT2D eigenvalue weighted by atomic mass is 16.5. The third kappa shape index (κ3) is 8.44. The van der Waals surface area contributed by atoms with E-state index in [9.17, 15) is 9.90 Å². The van der Waals surface area contributed by atoms with Crippen molar-refractivity contribution in [1.82, 2.24) is 0 Å². The number of esters is 1. The van der Waals surface area contributed by atoms with Gasteiger partial charge in [0.2, 0.25) is 0 Å². The van der Waals surface area contributed by atoms with Crippen LogP contribution in [-0.2, 0) is 14.3 Å². The van der Waals surface area contributed by atoms with Crippen molar-refractivity contribution in [2.24, 2.45) is 0 Å². The maximum atomic E-state index is 11.0. The monoisotopic (exact) mass is 230 g/mol. The molecule has 1 atom stereocenters. The van der Waals surface area contributed by atoms with Crippen LogP contribution in [0.3, 0.4) is 0 Å². The first-order valence-corrected chi connectivity index (χ1v) is 5.66. The summed E-state index contributed by atoms with van der Waals surface area (Å²) < 4.78 is 10.0. The molecule has 0 aliphatic heterocycles. The average Bonchev–Trinajstić information content (AvgIpc) is 2.25. The summed E-state index contributed by atoms with van der Waals surface area (Å²) in [5.74, 6) is -0.481. The van der Waals surface area contributed by atoms with Gasteiger partial charge in [0.05, 0.1) is 6.61 Å². The molecule has 0 saturated carbocycles. The van der Waals surface area contributed by atoms with Crippen LogP contribution in [0.15, 0.2) is 12.2 Å². The second-order valence-corrected chi connectivity index (χ2v) is 3.81. The van der Waals surface area contributed by atoms with Gasteiger partial charge in [-0.15, -0.1) is 0 Å². The predicted molar refractivity (Wildman–Crippen MR) is 62.1 cm³/mol. The number of hydrogen-bond acceptors (Lipinski definition) is 4. The lowest BCUT2D eigenvalue weighted by molar-refractivity contribution is -0.143. The molecule has 0 aliphatic carbocycles. The van der Waals surface area contributed by atoms with E-state index in [1.807, 2.05) is 0 Å². The van der Waals surface area contributed by atoms with Crippen molar-refractivity contribution in [1.29, 1.82) is 0 Å². The lowest BCUT2D eigenvalue weighted by atomic mass is 10.3. The number of ether oxygens (including phenoxy) is 2. The van der Waals surface area contributed by atoms with Crippen LogP contribution >= 0.6 is 0 Å². The Morgan fingerprint density at radius 3 is 2.62 bits per heavy atom. The van der Waals surface area contributed by atoms with Crippen molar-refractivity contribution in [2.75, 3.05) is 19.8 Å². The van der Waals surface area contributed by atoms with E-state index >= 15 is 0 Å². The SMILES string of the molecule is C=C(C)C(=O)OCC(O)COCCCCC. The van der Waals surface area contributed by atoms with Crippen LogP contribution in [0.25, 0.3) is 0 Å². The van der Waals surface area contributed by atoms with Crippen LogP contribution in [0.2, 0.25) is 0 Å². The molecule has 0 saturated heterocycles. The molecule has 1 N–H and O–H groups in total. The van der Waals surface area contributed by atoms with E-state index in [0.717, 1.165) is 19.3 Å². The molecule has 0 amide bonds. The van der Waals surface area contributed by atoms with E-state index < -0.39 is 12.1 Å². The lowest BCUT2D eigenvalue weighted by Crippen LogP contribution is -2.24. The van der Waals surface area contributed by atoms with Crippen molar-refractivity contribution in [3.8, 4) is 0 Å². The number of hydrogen-bond donors (Lipinski definition) is 1. The van der Waals surface area contributed by atoms with Gasteiger partial charge in [-0.25, -0.2) is 4.79 Å². The molecule has 16 heavy (non-hydrogen) atoms. The summed E-state index contributed by atoms with van der Waals surface area (Å²) in [6, 6.07) is 0. The fraction of sp³-hybridized carbons (Fsp3) is 0.750. The van der Waals surface area contributed by atoms with Gasteiger partial charge in [-0.2, -0.15) is 0 Å². The zero-order valence-electron chi connectivity index (χ0n) is 10.2. The third-order valence-corrected chi connectivity index (χ3v) is 1.96. The quantitative estimate of drug-likeness (QED) is 0.372. The molecule has 0 radical (unpaired) electrons. The van der Waals surface area contributed by atoms with Crippen LogP contribution in [0.1, 0.15) is 33.1 Å². The van der Waals surface area contributed by atoms with E-state index in [0.29, 0.717) is 12.2 Å². The zero-order valence-corrected chi connectivity index (χ0v) is 10.2. The minimum absolute atomic E-state index is 0.0422. The highest BCUT2D eigenvalue weighted by Gasteiger charge is 2.09. The first-order valence-electron chi connectivity index (χ1n) is 5.66. The van der Waals surface area contributed by atoms with Crippen LogP contribution < -0.4 is 0 Å². The van der Waals surface area contributed by atoms with Gasteiger partial charge in [0.25, 0.3) is 0 Å². The van der Waals surface area contributed by atoms with E-state index in [-0.39, 0.29) is 13.2 Å². The number of aliphatic hydroxyl groups excluding tert-OH is 1. The van der Waals surface area contributed by atoms with E-state index in [1.165, 1.54) is 0 Å². The molecule has 0 aliphatic rings. The standard InChI is InChI=1S/C12H22O4/c1-4-5-6-7-15-8-11(13)9-16-12(14)10(2)3/h11,13H,2,4-9H2,1,3H3. The van der Waals surface area contributed by atoms with Crippen LogP contribution in [0.5, 0.6) is 0 Å². The Bertz CT molecular complexity index is 213. The Morgan fingerprint density at radius 1 is 1.38 bits per heavy atom. The van der Waals surface area contributed by atoms with Crippen molar-refractivity contribution in [3.63, 3.8) is 0 Å². The smallest absolute Gasteiger partial charge is 0.333 e. The Kier molecular flexibility index (Phi) is 8.85. The zero-order chi connectivity index (χ0) is 12.4.